The average Bonchev–Trinajstić information content (AvgIpc) is 2.71. The van der Waals surface area contributed by atoms with Gasteiger partial charge in [0.1, 0.15) is 0 Å². The highest BCUT2D eigenvalue weighted by molar-refractivity contribution is 8.00. The maximum atomic E-state index is 12.2. The first-order chi connectivity index (χ1) is 14.0. The third kappa shape index (κ3) is 6.65. The lowest BCUT2D eigenvalue weighted by atomic mass is 10.3. The molecule has 3 aromatic rings. The molecule has 0 aliphatic rings. The number of nitrogens with one attached hydrogen (secondary N) is 3. The summed E-state index contributed by atoms with van der Waals surface area (Å²) in [5, 5.41) is 10.3. The minimum absolute atomic E-state index is 0.168. The maximum Gasteiger partial charge on any atom is 0.234 e. The van der Waals surface area contributed by atoms with Gasteiger partial charge in [-0.25, -0.2) is 0 Å². The molecular weight excluding hydrogens is 445 g/mol. The van der Waals surface area contributed by atoms with E-state index in [1.54, 1.807) is 18.2 Å². The van der Waals surface area contributed by atoms with E-state index in [2.05, 4.69) is 16.0 Å². The smallest absolute Gasteiger partial charge is 0.234 e. The Bertz CT molecular complexity index is 1020. The van der Waals surface area contributed by atoms with Crippen LogP contribution < -0.4 is 16.0 Å². The molecule has 0 fully saturated rings. The predicted molar refractivity (Wildman–Crippen MR) is 129 cm³/mol. The normalized spacial score (nSPS) is 10.3. The molecule has 29 heavy (non-hydrogen) atoms. The Morgan fingerprint density at radius 1 is 0.862 bits per heavy atom. The first-order valence-corrected chi connectivity index (χ1v) is 10.8. The van der Waals surface area contributed by atoms with Crippen LogP contribution in [0.25, 0.3) is 0 Å². The second-order valence-electron chi connectivity index (χ2n) is 5.91. The number of benzene rings is 3. The highest BCUT2D eigenvalue weighted by Gasteiger charge is 2.09. The zero-order valence-corrected chi connectivity index (χ0v) is 18.3. The van der Waals surface area contributed by atoms with E-state index in [4.69, 9.17) is 35.4 Å². The molecule has 0 spiro atoms. The summed E-state index contributed by atoms with van der Waals surface area (Å²) >= 11 is 18.8. The number of anilines is 3. The van der Waals surface area contributed by atoms with Crippen molar-refractivity contribution in [3.63, 3.8) is 0 Å². The lowest BCUT2D eigenvalue weighted by molar-refractivity contribution is -0.113. The molecule has 0 aromatic heterocycles. The van der Waals surface area contributed by atoms with Crippen molar-refractivity contribution < 1.29 is 4.79 Å². The van der Waals surface area contributed by atoms with E-state index in [9.17, 15) is 4.79 Å². The first kappa shape index (κ1) is 21.5. The maximum absolute atomic E-state index is 12.2. The SMILES string of the molecule is O=C(CSc1cccc(NC(=S)Nc2ccccc2)c1)Nc1cccc(Cl)c1Cl. The Hall–Kier alpha value is -2.25. The largest absolute Gasteiger partial charge is 0.332 e. The van der Waals surface area contributed by atoms with E-state index in [-0.39, 0.29) is 11.7 Å². The standard InChI is InChI=1S/C21H17Cl2N3OS2/c22-17-10-5-11-18(20(17)23)26-19(27)13-29-16-9-4-8-15(12-16)25-21(28)24-14-6-2-1-3-7-14/h1-12H,13H2,(H,26,27)(H2,24,25,28). The van der Waals surface area contributed by atoms with Gasteiger partial charge in [0.2, 0.25) is 5.91 Å². The van der Waals surface area contributed by atoms with Gasteiger partial charge in [-0.1, -0.05) is 53.5 Å². The van der Waals surface area contributed by atoms with E-state index in [0.717, 1.165) is 16.3 Å². The lowest BCUT2D eigenvalue weighted by Gasteiger charge is -2.12. The second-order valence-corrected chi connectivity index (χ2v) is 8.15. The molecular formula is C21H17Cl2N3OS2. The summed E-state index contributed by atoms with van der Waals surface area (Å²) in [7, 11) is 0. The summed E-state index contributed by atoms with van der Waals surface area (Å²) in [4.78, 5) is 13.2. The number of para-hydroxylation sites is 1. The number of amides is 1. The molecule has 0 unspecified atom stereocenters. The fourth-order valence-electron chi connectivity index (χ4n) is 2.41. The second kappa shape index (κ2) is 10.5. The average molecular weight is 462 g/mol. The van der Waals surface area contributed by atoms with Gasteiger partial charge in [0, 0.05) is 16.3 Å². The monoisotopic (exact) mass is 461 g/mol. The van der Waals surface area contributed by atoms with Crippen molar-refractivity contribution in [2.45, 2.75) is 4.90 Å². The van der Waals surface area contributed by atoms with Crippen LogP contribution in [0.2, 0.25) is 10.0 Å². The number of rotatable bonds is 6. The topological polar surface area (TPSA) is 53.2 Å². The molecule has 0 bridgehead atoms. The molecule has 0 heterocycles. The molecule has 0 saturated heterocycles. The van der Waals surface area contributed by atoms with Gasteiger partial charge in [0.25, 0.3) is 0 Å². The molecule has 0 saturated carbocycles. The molecule has 0 aliphatic heterocycles. The first-order valence-electron chi connectivity index (χ1n) is 8.61. The van der Waals surface area contributed by atoms with Gasteiger partial charge >= 0.3 is 0 Å². The Morgan fingerprint density at radius 2 is 1.55 bits per heavy atom. The van der Waals surface area contributed by atoms with Crippen LogP contribution >= 0.6 is 47.2 Å². The van der Waals surface area contributed by atoms with Crippen molar-refractivity contribution >= 4 is 75.3 Å². The van der Waals surface area contributed by atoms with Gasteiger partial charge in [0.05, 0.1) is 21.5 Å². The third-order valence-corrected chi connectivity index (χ3v) is 5.74. The zero-order chi connectivity index (χ0) is 20.6. The van der Waals surface area contributed by atoms with E-state index >= 15 is 0 Å². The Labute approximate surface area is 189 Å². The molecule has 3 aromatic carbocycles. The number of carbonyl (C=O) groups excluding carboxylic acids is 1. The third-order valence-electron chi connectivity index (χ3n) is 3.72. The quantitative estimate of drug-likeness (QED) is 0.287. The molecule has 148 valence electrons. The van der Waals surface area contributed by atoms with Gasteiger partial charge in [-0.05, 0) is 54.7 Å². The van der Waals surface area contributed by atoms with Gasteiger partial charge in [-0.2, -0.15) is 0 Å². The Kier molecular flexibility index (Phi) is 7.77. The van der Waals surface area contributed by atoms with Crippen molar-refractivity contribution in [2.24, 2.45) is 0 Å². The lowest BCUT2D eigenvalue weighted by Crippen LogP contribution is -2.19. The molecule has 1 amide bonds. The van der Waals surface area contributed by atoms with Crippen LogP contribution in [0.4, 0.5) is 17.1 Å². The molecule has 4 nitrogen and oxygen atoms in total. The summed E-state index contributed by atoms with van der Waals surface area (Å²) in [6, 6.07) is 22.5. The van der Waals surface area contributed by atoms with E-state index in [0.29, 0.717) is 20.8 Å². The number of thiocarbonyl (C=S) groups is 1. The highest BCUT2D eigenvalue weighted by Crippen LogP contribution is 2.30. The van der Waals surface area contributed by atoms with Crippen LogP contribution in [0.15, 0.2) is 77.7 Å². The number of thioether (sulfide) groups is 1. The zero-order valence-electron chi connectivity index (χ0n) is 15.1. The van der Waals surface area contributed by atoms with Gasteiger partial charge in [-0.3, -0.25) is 4.79 Å². The fourth-order valence-corrected chi connectivity index (χ4v) is 3.75. The number of hydrogen-bond acceptors (Lipinski definition) is 3. The van der Waals surface area contributed by atoms with Crippen molar-refractivity contribution in [2.75, 3.05) is 21.7 Å². The Morgan fingerprint density at radius 3 is 2.34 bits per heavy atom. The summed E-state index contributed by atoms with van der Waals surface area (Å²) < 4.78 is 0. The minimum atomic E-state index is -0.168. The van der Waals surface area contributed by atoms with Crippen molar-refractivity contribution in [1.82, 2.24) is 0 Å². The van der Waals surface area contributed by atoms with E-state index in [1.165, 1.54) is 11.8 Å². The molecule has 0 aliphatic carbocycles. The van der Waals surface area contributed by atoms with Crippen LogP contribution in [0.3, 0.4) is 0 Å². The van der Waals surface area contributed by atoms with Crippen molar-refractivity contribution in [1.29, 1.82) is 0 Å². The van der Waals surface area contributed by atoms with Crippen LogP contribution in [-0.2, 0) is 4.79 Å². The Balaban J connectivity index is 1.53. The van der Waals surface area contributed by atoms with Crippen LogP contribution in [0.5, 0.6) is 0 Å². The summed E-state index contributed by atoms with van der Waals surface area (Å²) in [5.74, 6) is 0.0673. The van der Waals surface area contributed by atoms with Crippen LogP contribution in [0, 0.1) is 0 Å². The molecule has 3 N–H and O–H groups in total. The number of halogens is 2. The van der Waals surface area contributed by atoms with E-state index in [1.807, 2.05) is 54.6 Å². The fraction of sp³-hybridized carbons (Fsp3) is 0.0476. The number of hydrogen-bond donors (Lipinski definition) is 3. The van der Waals surface area contributed by atoms with Gasteiger partial charge in [0.15, 0.2) is 5.11 Å². The summed E-state index contributed by atoms with van der Waals surface area (Å²) in [6.45, 7) is 0. The molecule has 0 radical (unpaired) electrons. The molecule has 0 atom stereocenters. The molecule has 8 heteroatoms. The van der Waals surface area contributed by atoms with Crippen molar-refractivity contribution in [3.05, 3.63) is 82.8 Å². The summed E-state index contributed by atoms with van der Waals surface area (Å²) in [5.41, 5.74) is 2.24. The van der Waals surface area contributed by atoms with E-state index < -0.39 is 0 Å². The van der Waals surface area contributed by atoms with Gasteiger partial charge < -0.3 is 16.0 Å². The van der Waals surface area contributed by atoms with Crippen molar-refractivity contribution in [3.8, 4) is 0 Å². The predicted octanol–water partition coefficient (Wildman–Crippen LogP) is 6.53. The van der Waals surface area contributed by atoms with Crippen LogP contribution in [-0.4, -0.2) is 16.8 Å². The number of carbonyl (C=O) groups is 1. The van der Waals surface area contributed by atoms with Gasteiger partial charge in [-0.15, -0.1) is 11.8 Å². The van der Waals surface area contributed by atoms with Crippen LogP contribution in [0.1, 0.15) is 0 Å². The summed E-state index contributed by atoms with van der Waals surface area (Å²) in [6.07, 6.45) is 0. The molecule has 3 rings (SSSR count). The highest BCUT2D eigenvalue weighted by atomic mass is 35.5. The minimum Gasteiger partial charge on any atom is -0.332 e.